The van der Waals surface area contributed by atoms with Crippen molar-refractivity contribution < 1.29 is 17.9 Å². The lowest BCUT2D eigenvalue weighted by Gasteiger charge is -2.07. The van der Waals surface area contributed by atoms with Crippen LogP contribution in [0.1, 0.15) is 33.2 Å². The molecule has 0 fully saturated rings. The number of imidazole rings is 1. The third-order valence-corrected chi connectivity index (χ3v) is 6.03. The van der Waals surface area contributed by atoms with E-state index in [0.717, 1.165) is 26.8 Å². The monoisotopic (exact) mass is 467 g/mol. The third kappa shape index (κ3) is 4.34. The molecule has 0 atom stereocenters. The average Bonchev–Trinajstić information content (AvgIpc) is 3.39. The summed E-state index contributed by atoms with van der Waals surface area (Å²) in [5.74, 6) is -0.151. The maximum Gasteiger partial charge on any atom is 0.573 e. The standard InChI is InChI=1S/C23H16F3N5OS/c1-12-6-15(14(3)31(12)22-17(11-28)7-13(2)33-22)8-16(10-27)21-29-19-5-4-18(9-20(19)30-21)32-23(24,25)26/h4-9H,1-3H3,(H,29,30). The van der Waals surface area contributed by atoms with Crippen LogP contribution in [0.5, 0.6) is 5.75 Å². The van der Waals surface area contributed by atoms with Gasteiger partial charge in [-0.2, -0.15) is 10.5 Å². The lowest BCUT2D eigenvalue weighted by atomic mass is 10.1. The molecular weight excluding hydrogens is 451 g/mol. The van der Waals surface area contributed by atoms with Crippen LogP contribution in [0.2, 0.25) is 0 Å². The molecule has 33 heavy (non-hydrogen) atoms. The molecule has 0 aliphatic carbocycles. The van der Waals surface area contributed by atoms with Crippen LogP contribution < -0.4 is 4.74 Å². The van der Waals surface area contributed by atoms with E-state index in [0.29, 0.717) is 16.6 Å². The number of benzene rings is 1. The summed E-state index contributed by atoms with van der Waals surface area (Å²) in [4.78, 5) is 8.24. The molecule has 0 aliphatic heterocycles. The van der Waals surface area contributed by atoms with Crippen LogP contribution in [0.25, 0.3) is 27.7 Å². The molecule has 0 saturated carbocycles. The summed E-state index contributed by atoms with van der Waals surface area (Å²) >= 11 is 1.51. The van der Waals surface area contributed by atoms with Crippen molar-refractivity contribution in [1.82, 2.24) is 14.5 Å². The predicted octanol–water partition coefficient (Wildman–Crippen LogP) is 6.17. The Morgan fingerprint density at radius 3 is 2.61 bits per heavy atom. The molecule has 0 unspecified atom stereocenters. The van der Waals surface area contributed by atoms with Gasteiger partial charge < -0.3 is 14.3 Å². The Balaban J connectivity index is 1.75. The van der Waals surface area contributed by atoms with Crippen molar-refractivity contribution in [1.29, 1.82) is 10.5 Å². The molecule has 10 heteroatoms. The number of nitrogens with zero attached hydrogens (tertiary/aromatic N) is 4. The minimum absolute atomic E-state index is 0.215. The molecule has 0 amide bonds. The van der Waals surface area contributed by atoms with Crippen LogP contribution in [0.15, 0.2) is 30.3 Å². The number of aryl methyl sites for hydroxylation is 2. The van der Waals surface area contributed by atoms with Gasteiger partial charge in [-0.15, -0.1) is 24.5 Å². The maximum atomic E-state index is 12.5. The van der Waals surface area contributed by atoms with E-state index in [1.54, 1.807) is 6.08 Å². The van der Waals surface area contributed by atoms with Gasteiger partial charge in [0.25, 0.3) is 0 Å². The number of hydrogen-bond acceptors (Lipinski definition) is 5. The molecule has 4 aromatic rings. The Morgan fingerprint density at radius 2 is 1.94 bits per heavy atom. The number of ether oxygens (including phenoxy) is 1. The Bertz CT molecular complexity index is 1490. The van der Waals surface area contributed by atoms with Gasteiger partial charge in [0.2, 0.25) is 0 Å². The molecule has 1 aromatic carbocycles. The van der Waals surface area contributed by atoms with Crippen molar-refractivity contribution in [2.75, 3.05) is 0 Å². The number of alkyl halides is 3. The number of hydrogen-bond donors (Lipinski definition) is 1. The quantitative estimate of drug-likeness (QED) is 0.363. The molecule has 1 N–H and O–H groups in total. The summed E-state index contributed by atoms with van der Waals surface area (Å²) < 4.78 is 43.4. The highest BCUT2D eigenvalue weighted by atomic mass is 32.1. The molecule has 6 nitrogen and oxygen atoms in total. The first-order valence-corrected chi connectivity index (χ1v) is 10.5. The predicted molar refractivity (Wildman–Crippen MR) is 119 cm³/mol. The van der Waals surface area contributed by atoms with Crippen LogP contribution in [0.3, 0.4) is 0 Å². The van der Waals surface area contributed by atoms with Crippen LogP contribution in [-0.2, 0) is 0 Å². The molecular formula is C23H16F3N5OS. The topological polar surface area (TPSA) is 90.4 Å². The van der Waals surface area contributed by atoms with Gasteiger partial charge in [-0.05, 0) is 56.7 Å². The van der Waals surface area contributed by atoms with Crippen LogP contribution in [0.4, 0.5) is 13.2 Å². The number of nitriles is 2. The van der Waals surface area contributed by atoms with Gasteiger partial charge in [-0.3, -0.25) is 0 Å². The Morgan fingerprint density at radius 1 is 1.18 bits per heavy atom. The van der Waals surface area contributed by atoms with E-state index in [2.05, 4.69) is 26.8 Å². The highest BCUT2D eigenvalue weighted by molar-refractivity contribution is 7.14. The number of rotatable bonds is 4. The van der Waals surface area contributed by atoms with E-state index in [-0.39, 0.29) is 17.1 Å². The van der Waals surface area contributed by atoms with Crippen molar-refractivity contribution >= 4 is 34.0 Å². The number of aromatic nitrogens is 3. The zero-order valence-electron chi connectivity index (χ0n) is 17.7. The highest BCUT2D eigenvalue weighted by Gasteiger charge is 2.31. The molecule has 0 bridgehead atoms. The molecule has 4 rings (SSSR count). The number of aromatic amines is 1. The lowest BCUT2D eigenvalue weighted by molar-refractivity contribution is -0.274. The lowest BCUT2D eigenvalue weighted by Crippen LogP contribution is -2.16. The van der Waals surface area contributed by atoms with E-state index < -0.39 is 6.36 Å². The second kappa shape index (κ2) is 8.15. The molecule has 0 spiro atoms. The highest BCUT2D eigenvalue weighted by Crippen LogP contribution is 2.32. The van der Waals surface area contributed by atoms with Gasteiger partial charge in [0.15, 0.2) is 0 Å². The average molecular weight is 467 g/mol. The van der Waals surface area contributed by atoms with Crippen LogP contribution in [0, 0.1) is 43.4 Å². The summed E-state index contributed by atoms with van der Waals surface area (Å²) in [6, 6.07) is 11.8. The van der Waals surface area contributed by atoms with Crippen molar-refractivity contribution in [3.05, 3.63) is 63.5 Å². The van der Waals surface area contributed by atoms with Gasteiger partial charge in [0.05, 0.1) is 22.2 Å². The second-order valence-electron chi connectivity index (χ2n) is 7.33. The molecule has 0 radical (unpaired) electrons. The first-order chi connectivity index (χ1) is 15.6. The minimum Gasteiger partial charge on any atom is -0.406 e. The van der Waals surface area contributed by atoms with Crippen LogP contribution in [-0.4, -0.2) is 20.9 Å². The largest absolute Gasteiger partial charge is 0.573 e. The van der Waals surface area contributed by atoms with Crippen molar-refractivity contribution in [2.24, 2.45) is 0 Å². The number of halogens is 3. The molecule has 3 aromatic heterocycles. The van der Waals surface area contributed by atoms with Gasteiger partial charge in [0.1, 0.15) is 28.7 Å². The zero-order chi connectivity index (χ0) is 23.9. The molecule has 0 saturated heterocycles. The van der Waals surface area contributed by atoms with Crippen LogP contribution >= 0.6 is 11.3 Å². The van der Waals surface area contributed by atoms with E-state index >= 15 is 0 Å². The van der Waals surface area contributed by atoms with Gasteiger partial charge in [-0.25, -0.2) is 4.98 Å². The second-order valence-corrected chi connectivity index (χ2v) is 8.57. The number of nitrogens with one attached hydrogen (secondary N) is 1. The third-order valence-electron chi connectivity index (χ3n) is 4.99. The first-order valence-electron chi connectivity index (χ1n) is 9.67. The van der Waals surface area contributed by atoms with Crippen molar-refractivity contribution in [2.45, 2.75) is 27.1 Å². The molecule has 0 aliphatic rings. The number of fused-ring (bicyclic) bond motifs is 1. The van der Waals surface area contributed by atoms with E-state index in [1.165, 1.54) is 29.5 Å². The SMILES string of the molecule is Cc1cc(C#N)c(-n2c(C)cc(C=C(C#N)c3nc4ccc(OC(F)(F)F)cc4[nH]3)c2C)s1. The summed E-state index contributed by atoms with van der Waals surface area (Å²) in [7, 11) is 0. The summed E-state index contributed by atoms with van der Waals surface area (Å²) in [5.41, 5.74) is 4.01. The Labute approximate surface area is 190 Å². The van der Waals surface area contributed by atoms with Crippen molar-refractivity contribution in [3.63, 3.8) is 0 Å². The molecule has 3 heterocycles. The zero-order valence-corrected chi connectivity index (χ0v) is 18.5. The van der Waals surface area contributed by atoms with Gasteiger partial charge in [-0.1, -0.05) is 0 Å². The number of H-pyrrole nitrogens is 1. The first kappa shape index (κ1) is 22.2. The summed E-state index contributed by atoms with van der Waals surface area (Å²) in [6.45, 7) is 5.74. The Kier molecular flexibility index (Phi) is 5.48. The normalized spacial score (nSPS) is 12.1. The van der Waals surface area contributed by atoms with E-state index in [9.17, 15) is 23.7 Å². The minimum atomic E-state index is -4.80. The number of allylic oxidation sites excluding steroid dienone is 1. The number of thiophene rings is 1. The fourth-order valence-electron chi connectivity index (χ4n) is 3.62. The summed E-state index contributed by atoms with van der Waals surface area (Å²) in [6.07, 6.45) is -3.14. The summed E-state index contributed by atoms with van der Waals surface area (Å²) in [5, 5.41) is 20.0. The van der Waals surface area contributed by atoms with E-state index in [4.69, 9.17) is 0 Å². The van der Waals surface area contributed by atoms with Gasteiger partial charge >= 0.3 is 6.36 Å². The molecule has 166 valence electrons. The maximum absolute atomic E-state index is 12.5. The Hall–Kier alpha value is -4.02. The van der Waals surface area contributed by atoms with E-state index in [1.807, 2.05) is 37.5 Å². The van der Waals surface area contributed by atoms with Crippen molar-refractivity contribution in [3.8, 4) is 22.9 Å². The smallest absolute Gasteiger partial charge is 0.406 e. The van der Waals surface area contributed by atoms with Gasteiger partial charge in [0, 0.05) is 22.3 Å². The fraction of sp³-hybridized carbons (Fsp3) is 0.174. The fourth-order valence-corrected chi connectivity index (χ4v) is 4.69.